The van der Waals surface area contributed by atoms with E-state index in [1.165, 1.54) is 0 Å². The number of hydrogen-bond donors (Lipinski definition) is 4. The van der Waals surface area contributed by atoms with Gasteiger partial charge in [-0.25, -0.2) is 0 Å². The molecular weight excluding hydrogens is 450 g/mol. The SMILES string of the molecule is CPNCCCC[C@H](NC(=O)[C@H](C)NC(=O)[C@@H](C)CCCC(=O)OPC)C(=O)NC(C)C. The first kappa shape index (κ1) is 30.7. The summed E-state index contributed by atoms with van der Waals surface area (Å²) in [4.78, 5) is 49.0. The normalized spacial score (nSPS) is 14.5. The van der Waals surface area contributed by atoms with Crippen LogP contribution in [0.15, 0.2) is 0 Å². The number of carbonyl (C=O) groups excluding carboxylic acids is 4. The largest absolute Gasteiger partial charge is 0.449 e. The van der Waals surface area contributed by atoms with Gasteiger partial charge in [0.1, 0.15) is 12.1 Å². The van der Waals surface area contributed by atoms with Crippen molar-refractivity contribution in [3.63, 3.8) is 0 Å². The first-order valence-corrected chi connectivity index (χ1v) is 14.2. The van der Waals surface area contributed by atoms with Crippen LogP contribution in [0, 0.1) is 5.92 Å². The van der Waals surface area contributed by atoms with E-state index in [-0.39, 0.29) is 45.0 Å². The maximum Gasteiger partial charge on any atom is 0.308 e. The van der Waals surface area contributed by atoms with E-state index in [0.29, 0.717) is 28.0 Å². The lowest BCUT2D eigenvalue weighted by molar-refractivity contribution is -0.134. The topological polar surface area (TPSA) is 126 Å². The summed E-state index contributed by atoms with van der Waals surface area (Å²) in [5.41, 5.74) is 0. The molecule has 0 aliphatic heterocycles. The Labute approximate surface area is 196 Å². The van der Waals surface area contributed by atoms with Crippen molar-refractivity contribution in [2.45, 2.75) is 84.3 Å². The Hall–Kier alpha value is -1.30. The molecule has 2 unspecified atom stereocenters. The van der Waals surface area contributed by atoms with E-state index in [1.807, 2.05) is 13.8 Å². The quantitative estimate of drug-likeness (QED) is 0.182. The fourth-order valence-corrected chi connectivity index (χ4v) is 3.66. The molecule has 4 N–H and O–H groups in total. The van der Waals surface area contributed by atoms with Crippen LogP contribution in [0.4, 0.5) is 0 Å². The van der Waals surface area contributed by atoms with Crippen LogP contribution >= 0.6 is 17.5 Å². The molecule has 0 radical (unpaired) electrons. The zero-order valence-electron chi connectivity index (χ0n) is 20.3. The van der Waals surface area contributed by atoms with E-state index in [1.54, 1.807) is 20.5 Å². The Bertz CT molecular complexity index is 593. The van der Waals surface area contributed by atoms with Crippen LogP contribution in [-0.4, -0.2) is 61.7 Å². The third-order valence-electron chi connectivity index (χ3n) is 4.72. The van der Waals surface area contributed by atoms with Crippen LogP contribution in [0.25, 0.3) is 0 Å². The highest BCUT2D eigenvalue weighted by Gasteiger charge is 2.25. The molecule has 0 heterocycles. The molecule has 0 aromatic carbocycles. The molecule has 11 heteroatoms. The standard InChI is InChI=1S/C21H42N4O5P2/c1-14(2)23-21(29)17(11-7-8-13-22-31-5)25-20(28)16(4)24-19(27)15(3)10-9-12-18(26)30-32-6/h14-17,22,31-32H,7-13H2,1-6H3,(H,23,29)(H,24,27)(H,25,28)/t15-,16-,17-/m0/s1. The van der Waals surface area contributed by atoms with Gasteiger partial charge in [0.2, 0.25) is 17.7 Å². The first-order valence-electron chi connectivity index (χ1n) is 11.3. The minimum Gasteiger partial charge on any atom is -0.449 e. The summed E-state index contributed by atoms with van der Waals surface area (Å²) < 4.78 is 4.91. The average molecular weight is 493 g/mol. The third kappa shape index (κ3) is 14.7. The van der Waals surface area contributed by atoms with Crippen molar-refractivity contribution in [1.29, 1.82) is 0 Å². The Balaban J connectivity index is 4.64. The van der Waals surface area contributed by atoms with Crippen molar-refractivity contribution in [1.82, 2.24) is 21.0 Å². The second-order valence-corrected chi connectivity index (χ2v) is 9.56. The summed E-state index contributed by atoms with van der Waals surface area (Å²) in [5, 5.41) is 11.6. The first-order chi connectivity index (χ1) is 15.1. The summed E-state index contributed by atoms with van der Waals surface area (Å²) in [7, 11) is 0.801. The van der Waals surface area contributed by atoms with Gasteiger partial charge in [0, 0.05) is 18.4 Å². The highest BCUT2D eigenvalue weighted by atomic mass is 31.1. The molecule has 9 nitrogen and oxygen atoms in total. The summed E-state index contributed by atoms with van der Waals surface area (Å²) in [6, 6.07) is -1.44. The summed E-state index contributed by atoms with van der Waals surface area (Å²) in [6.45, 7) is 11.8. The third-order valence-corrected chi connectivity index (χ3v) is 5.75. The lowest BCUT2D eigenvalue weighted by Gasteiger charge is -2.23. The minimum atomic E-state index is -0.770. The monoisotopic (exact) mass is 492 g/mol. The highest BCUT2D eigenvalue weighted by Crippen LogP contribution is 2.12. The van der Waals surface area contributed by atoms with E-state index >= 15 is 0 Å². The number of amides is 3. The molecular formula is C21H42N4O5P2. The molecule has 0 saturated carbocycles. The molecule has 0 bridgehead atoms. The molecule has 0 aromatic heterocycles. The summed E-state index contributed by atoms with van der Waals surface area (Å²) in [5.74, 6) is -1.47. The fraction of sp³-hybridized carbons (Fsp3) is 0.810. The van der Waals surface area contributed by atoms with Crippen LogP contribution in [0.5, 0.6) is 0 Å². The molecule has 0 aliphatic carbocycles. The molecule has 0 fully saturated rings. The van der Waals surface area contributed by atoms with Gasteiger partial charge in [-0.1, -0.05) is 15.7 Å². The number of rotatable bonds is 17. The Morgan fingerprint density at radius 1 is 0.812 bits per heavy atom. The minimum absolute atomic E-state index is 0.0297. The van der Waals surface area contributed by atoms with Gasteiger partial charge in [0.15, 0.2) is 0 Å². The van der Waals surface area contributed by atoms with E-state index < -0.39 is 18.0 Å². The zero-order chi connectivity index (χ0) is 24.5. The maximum atomic E-state index is 12.6. The number of unbranched alkanes of at least 4 members (excludes halogenated alkanes) is 1. The van der Waals surface area contributed by atoms with E-state index in [4.69, 9.17) is 4.52 Å². The zero-order valence-corrected chi connectivity index (χ0v) is 22.3. The van der Waals surface area contributed by atoms with Crippen LogP contribution in [0.3, 0.4) is 0 Å². The van der Waals surface area contributed by atoms with Gasteiger partial charge in [0.25, 0.3) is 0 Å². The molecule has 3 amide bonds. The summed E-state index contributed by atoms with van der Waals surface area (Å²) in [6.07, 6.45) is 3.59. The second kappa shape index (κ2) is 18.2. The van der Waals surface area contributed by atoms with Crippen molar-refractivity contribution in [2.75, 3.05) is 19.9 Å². The molecule has 0 aliphatic rings. The van der Waals surface area contributed by atoms with Gasteiger partial charge in [-0.15, -0.1) is 0 Å². The molecule has 0 saturated heterocycles. The van der Waals surface area contributed by atoms with Crippen molar-refractivity contribution < 1.29 is 23.7 Å². The number of nitrogens with one attached hydrogen (secondary N) is 4. The molecule has 0 spiro atoms. The maximum absolute atomic E-state index is 12.6. The number of hydrogen-bond acceptors (Lipinski definition) is 6. The number of carbonyl (C=O) groups is 4. The lowest BCUT2D eigenvalue weighted by atomic mass is 10.0. The molecule has 0 rings (SSSR count). The highest BCUT2D eigenvalue weighted by molar-refractivity contribution is 7.34. The van der Waals surface area contributed by atoms with Gasteiger partial charge >= 0.3 is 5.97 Å². The second-order valence-electron chi connectivity index (χ2n) is 8.10. The lowest BCUT2D eigenvalue weighted by Crippen LogP contribution is -2.54. The molecule has 0 aromatic rings. The van der Waals surface area contributed by atoms with E-state index in [9.17, 15) is 19.2 Å². The average Bonchev–Trinajstić information content (AvgIpc) is 2.71. The predicted molar refractivity (Wildman–Crippen MR) is 132 cm³/mol. The fourth-order valence-electron chi connectivity index (χ4n) is 2.91. The molecule has 186 valence electrons. The smallest absolute Gasteiger partial charge is 0.308 e. The van der Waals surface area contributed by atoms with Crippen LogP contribution < -0.4 is 21.0 Å². The Morgan fingerprint density at radius 3 is 2.09 bits per heavy atom. The van der Waals surface area contributed by atoms with Crippen molar-refractivity contribution in [2.24, 2.45) is 5.92 Å². The van der Waals surface area contributed by atoms with Crippen molar-refractivity contribution >= 4 is 41.2 Å². The predicted octanol–water partition coefficient (Wildman–Crippen LogP) is 2.06. The van der Waals surface area contributed by atoms with Gasteiger partial charge in [-0.05, 0) is 72.7 Å². The van der Waals surface area contributed by atoms with Crippen molar-refractivity contribution in [3.8, 4) is 0 Å². The van der Waals surface area contributed by atoms with E-state index in [2.05, 4.69) is 27.7 Å². The molecule has 32 heavy (non-hydrogen) atoms. The van der Waals surface area contributed by atoms with Gasteiger partial charge in [-0.2, -0.15) is 0 Å². The van der Waals surface area contributed by atoms with Crippen LogP contribution in [-0.2, 0) is 23.7 Å². The van der Waals surface area contributed by atoms with Crippen molar-refractivity contribution in [3.05, 3.63) is 0 Å². The van der Waals surface area contributed by atoms with E-state index in [0.717, 1.165) is 19.4 Å². The Kier molecular flexibility index (Phi) is 17.4. The van der Waals surface area contributed by atoms with Crippen LogP contribution in [0.2, 0.25) is 0 Å². The molecule has 5 atom stereocenters. The van der Waals surface area contributed by atoms with Gasteiger partial charge in [0.05, 0.1) is 8.81 Å². The van der Waals surface area contributed by atoms with Crippen LogP contribution in [0.1, 0.15) is 66.2 Å². The Morgan fingerprint density at radius 2 is 1.50 bits per heavy atom. The van der Waals surface area contributed by atoms with Gasteiger partial charge in [-0.3, -0.25) is 24.3 Å². The summed E-state index contributed by atoms with van der Waals surface area (Å²) >= 11 is 0. The van der Waals surface area contributed by atoms with Gasteiger partial charge < -0.3 is 20.5 Å².